The summed E-state index contributed by atoms with van der Waals surface area (Å²) in [6, 6.07) is 22.2. The van der Waals surface area contributed by atoms with Crippen molar-refractivity contribution in [2.24, 2.45) is 0 Å². The minimum atomic E-state index is -3.57. The number of benzene rings is 3. The van der Waals surface area contributed by atoms with Crippen LogP contribution in [0.4, 0.5) is 10.5 Å². The molecule has 8 nitrogen and oxygen atoms in total. The van der Waals surface area contributed by atoms with Crippen molar-refractivity contribution < 1.29 is 22.7 Å². The molecule has 0 radical (unpaired) electrons. The van der Waals surface area contributed by atoms with E-state index >= 15 is 0 Å². The maximum atomic E-state index is 13.3. The van der Waals surface area contributed by atoms with E-state index in [1.807, 2.05) is 19.1 Å². The molecule has 3 aromatic rings. The summed E-state index contributed by atoms with van der Waals surface area (Å²) in [7, 11) is -3.57. The van der Waals surface area contributed by atoms with E-state index in [1.165, 1.54) is 0 Å². The number of ether oxygens (including phenoxy) is 1. The number of nitriles is 1. The highest BCUT2D eigenvalue weighted by molar-refractivity contribution is 7.92. The van der Waals surface area contributed by atoms with Gasteiger partial charge in [0.05, 0.1) is 39.6 Å². The molecular weight excluding hydrogens is 514 g/mol. The quantitative estimate of drug-likeness (QED) is 0.289. The summed E-state index contributed by atoms with van der Waals surface area (Å²) in [6.07, 6.45) is 2.29. The van der Waals surface area contributed by atoms with Crippen molar-refractivity contribution in [2.45, 2.75) is 42.8 Å². The molecule has 1 aliphatic rings. The first-order valence-corrected chi connectivity index (χ1v) is 14.5. The number of hydrogen-bond acceptors (Lipinski definition) is 6. The Labute approximate surface area is 229 Å². The summed E-state index contributed by atoms with van der Waals surface area (Å²) in [5.41, 5.74) is 2.96. The number of nitrogens with one attached hydrogen (secondary N) is 1. The second-order valence-corrected chi connectivity index (χ2v) is 11.6. The van der Waals surface area contributed by atoms with Crippen LogP contribution in [0.2, 0.25) is 0 Å². The van der Waals surface area contributed by atoms with Gasteiger partial charge in [0.2, 0.25) is 0 Å². The second-order valence-electron chi connectivity index (χ2n) is 9.41. The van der Waals surface area contributed by atoms with Crippen molar-refractivity contribution in [3.05, 3.63) is 83.9 Å². The number of urea groups is 1. The number of nitrogens with zero attached hydrogens (tertiary/aromatic N) is 2. The molecule has 39 heavy (non-hydrogen) atoms. The van der Waals surface area contributed by atoms with Crippen LogP contribution in [0.3, 0.4) is 0 Å². The molecule has 2 amide bonds. The zero-order valence-corrected chi connectivity index (χ0v) is 22.6. The highest BCUT2D eigenvalue weighted by Gasteiger charge is 2.33. The van der Waals surface area contributed by atoms with Gasteiger partial charge < -0.3 is 15.0 Å². The van der Waals surface area contributed by atoms with Crippen molar-refractivity contribution in [1.82, 2.24) is 4.90 Å². The molecule has 4 rings (SSSR count). The maximum absolute atomic E-state index is 13.3. The van der Waals surface area contributed by atoms with Crippen molar-refractivity contribution >= 4 is 27.5 Å². The molecule has 1 N–H and O–H groups in total. The Hall–Kier alpha value is -4.16. The van der Waals surface area contributed by atoms with Crippen LogP contribution in [0.5, 0.6) is 0 Å². The lowest BCUT2D eigenvalue weighted by molar-refractivity contribution is 0.0501. The molecule has 0 saturated carbocycles. The van der Waals surface area contributed by atoms with Crippen LogP contribution in [-0.2, 0) is 14.6 Å². The first kappa shape index (κ1) is 27.9. The number of esters is 1. The van der Waals surface area contributed by atoms with Gasteiger partial charge in [0, 0.05) is 13.1 Å². The summed E-state index contributed by atoms with van der Waals surface area (Å²) in [5, 5.41) is 11.2. The van der Waals surface area contributed by atoms with E-state index in [-0.39, 0.29) is 29.6 Å². The predicted octanol–water partition coefficient (Wildman–Crippen LogP) is 5.65. The maximum Gasteiger partial charge on any atom is 0.340 e. The van der Waals surface area contributed by atoms with Gasteiger partial charge in [0.25, 0.3) is 0 Å². The smallest absolute Gasteiger partial charge is 0.340 e. The Morgan fingerprint density at radius 1 is 0.974 bits per heavy atom. The number of amides is 2. The lowest BCUT2D eigenvalue weighted by Gasteiger charge is -2.32. The number of likely N-dealkylation sites (tertiary alicyclic amines) is 1. The van der Waals surface area contributed by atoms with Gasteiger partial charge in [-0.1, -0.05) is 49.7 Å². The first-order chi connectivity index (χ1) is 18.8. The van der Waals surface area contributed by atoms with Crippen LogP contribution in [0.15, 0.2) is 77.7 Å². The van der Waals surface area contributed by atoms with Crippen LogP contribution in [0, 0.1) is 11.3 Å². The van der Waals surface area contributed by atoms with E-state index in [9.17, 15) is 18.0 Å². The van der Waals surface area contributed by atoms with Crippen molar-refractivity contribution in [1.29, 1.82) is 5.26 Å². The lowest BCUT2D eigenvalue weighted by Crippen LogP contribution is -2.44. The zero-order valence-electron chi connectivity index (χ0n) is 21.8. The Balaban J connectivity index is 1.36. The number of carbonyl (C=O) groups excluding carboxylic acids is 2. The van der Waals surface area contributed by atoms with Gasteiger partial charge in [-0.3, -0.25) is 0 Å². The van der Waals surface area contributed by atoms with E-state index in [0.29, 0.717) is 30.7 Å². The highest BCUT2D eigenvalue weighted by atomic mass is 32.2. The third-order valence-corrected chi connectivity index (χ3v) is 9.10. The van der Waals surface area contributed by atoms with E-state index < -0.39 is 21.1 Å². The zero-order chi connectivity index (χ0) is 27.8. The highest BCUT2D eigenvalue weighted by Crippen LogP contribution is 2.28. The molecule has 3 aromatic carbocycles. The SMILES string of the molecule is CCCCOC(=O)c1ccccc1NC(=O)N1CCC(S(=O)(=O)c2ccc(-c3ccc(C#N)cc3)cc2)CC1. The van der Waals surface area contributed by atoms with E-state index in [4.69, 9.17) is 10.00 Å². The third-order valence-electron chi connectivity index (χ3n) is 6.82. The fourth-order valence-electron chi connectivity index (χ4n) is 4.49. The summed E-state index contributed by atoms with van der Waals surface area (Å²) >= 11 is 0. The molecule has 1 heterocycles. The molecule has 0 aliphatic carbocycles. The number of hydrogen-bond donors (Lipinski definition) is 1. The van der Waals surface area contributed by atoms with E-state index in [0.717, 1.165) is 24.0 Å². The minimum Gasteiger partial charge on any atom is -0.462 e. The van der Waals surface area contributed by atoms with Crippen LogP contribution in [0.1, 0.15) is 48.5 Å². The number of rotatable bonds is 8. The Kier molecular flexibility index (Phi) is 8.99. The topological polar surface area (TPSA) is 117 Å². The van der Waals surface area contributed by atoms with Crippen molar-refractivity contribution in [3.8, 4) is 17.2 Å². The summed E-state index contributed by atoms with van der Waals surface area (Å²) in [5.74, 6) is -0.491. The number of anilines is 1. The largest absolute Gasteiger partial charge is 0.462 e. The average molecular weight is 546 g/mol. The van der Waals surface area contributed by atoms with E-state index in [2.05, 4.69) is 11.4 Å². The number of para-hydroxylation sites is 1. The molecule has 0 aromatic heterocycles. The van der Waals surface area contributed by atoms with Gasteiger partial charge in [-0.25, -0.2) is 18.0 Å². The van der Waals surface area contributed by atoms with Gasteiger partial charge in [0.1, 0.15) is 0 Å². The molecule has 0 atom stereocenters. The van der Waals surface area contributed by atoms with Gasteiger partial charge in [0.15, 0.2) is 9.84 Å². The summed E-state index contributed by atoms with van der Waals surface area (Å²) in [6.45, 7) is 2.88. The van der Waals surface area contributed by atoms with Crippen LogP contribution < -0.4 is 5.32 Å². The van der Waals surface area contributed by atoms with Crippen molar-refractivity contribution in [2.75, 3.05) is 25.0 Å². The molecule has 1 aliphatic heterocycles. The van der Waals surface area contributed by atoms with Crippen LogP contribution >= 0.6 is 0 Å². The number of piperidine rings is 1. The van der Waals surface area contributed by atoms with Gasteiger partial charge in [-0.05, 0) is 66.8 Å². The normalized spacial score (nSPS) is 13.9. The van der Waals surface area contributed by atoms with Gasteiger partial charge in [-0.2, -0.15) is 5.26 Å². The standard InChI is InChI=1S/C30H31N3O5S/c1-2-3-20-38-29(34)27-6-4-5-7-28(27)32-30(35)33-18-16-26(17-19-33)39(36,37)25-14-12-24(13-15-25)23-10-8-22(21-31)9-11-23/h4-15,26H,2-3,16-20H2,1H3,(H,32,35). The van der Waals surface area contributed by atoms with E-state index in [1.54, 1.807) is 65.6 Å². The molecule has 0 spiro atoms. The third kappa shape index (κ3) is 6.65. The fourth-order valence-corrected chi connectivity index (χ4v) is 6.22. The minimum absolute atomic E-state index is 0.248. The summed E-state index contributed by atoms with van der Waals surface area (Å²) in [4.78, 5) is 27.2. The Morgan fingerprint density at radius 2 is 1.59 bits per heavy atom. The number of carbonyl (C=O) groups is 2. The summed E-state index contributed by atoms with van der Waals surface area (Å²) < 4.78 is 31.9. The molecule has 9 heteroatoms. The predicted molar refractivity (Wildman–Crippen MR) is 149 cm³/mol. The monoisotopic (exact) mass is 545 g/mol. The number of unbranched alkanes of at least 4 members (excludes halogenated alkanes) is 1. The molecule has 1 fully saturated rings. The molecule has 1 saturated heterocycles. The molecular formula is C30H31N3O5S. The Bertz CT molecular complexity index is 1450. The van der Waals surface area contributed by atoms with Crippen molar-refractivity contribution in [3.63, 3.8) is 0 Å². The second kappa shape index (κ2) is 12.6. The van der Waals surface area contributed by atoms with Crippen LogP contribution in [-0.4, -0.2) is 50.3 Å². The van der Waals surface area contributed by atoms with Crippen LogP contribution in [0.25, 0.3) is 11.1 Å². The fraction of sp³-hybridized carbons (Fsp3) is 0.300. The lowest BCUT2D eigenvalue weighted by atomic mass is 10.0. The number of sulfone groups is 1. The Morgan fingerprint density at radius 3 is 2.21 bits per heavy atom. The average Bonchev–Trinajstić information content (AvgIpc) is 2.97. The molecule has 0 unspecified atom stereocenters. The van der Waals surface area contributed by atoms with Gasteiger partial charge >= 0.3 is 12.0 Å². The first-order valence-electron chi connectivity index (χ1n) is 13.0. The molecule has 202 valence electrons. The molecule has 0 bridgehead atoms. The van der Waals surface area contributed by atoms with Gasteiger partial charge in [-0.15, -0.1) is 0 Å².